The highest BCUT2D eigenvalue weighted by atomic mass is 19.1. The van der Waals surface area contributed by atoms with Crippen molar-refractivity contribution in [1.29, 1.82) is 5.26 Å². The standard InChI is InChI=1S/C31H37FN4O4/c1-19(2)36(30-28(31(37)39-4)23-6-5-20(18-33)17-24(23)34-30)25-7-8-26(38-3)27(29(25)32)21-9-13-35(14-10-21)22-11-15-40-16-12-22/h5-8,17,19,21-22,34H,9-16H2,1-4H3. The third kappa shape index (κ3) is 5.14. The predicted octanol–water partition coefficient (Wildman–Crippen LogP) is 5.88. The Morgan fingerprint density at radius 2 is 1.88 bits per heavy atom. The van der Waals surface area contributed by atoms with Gasteiger partial charge in [0.1, 0.15) is 17.1 Å². The number of nitriles is 1. The highest BCUT2D eigenvalue weighted by molar-refractivity contribution is 6.10. The largest absolute Gasteiger partial charge is 0.496 e. The molecule has 2 aromatic carbocycles. The molecule has 0 saturated carbocycles. The van der Waals surface area contributed by atoms with Crippen LogP contribution < -0.4 is 9.64 Å². The average molecular weight is 549 g/mol. The van der Waals surface area contributed by atoms with E-state index in [1.807, 2.05) is 19.9 Å². The molecule has 212 valence electrons. The number of H-pyrrole nitrogens is 1. The van der Waals surface area contributed by atoms with Gasteiger partial charge in [0, 0.05) is 41.8 Å². The summed E-state index contributed by atoms with van der Waals surface area (Å²) in [6, 6.07) is 11.1. The number of anilines is 2. The van der Waals surface area contributed by atoms with Crippen LogP contribution >= 0.6 is 0 Å². The van der Waals surface area contributed by atoms with Crippen LogP contribution in [0.5, 0.6) is 5.75 Å². The number of fused-ring (bicyclic) bond motifs is 1. The molecule has 3 aromatic rings. The maximum absolute atomic E-state index is 16.7. The van der Waals surface area contributed by atoms with Crippen LogP contribution in [0, 0.1) is 17.1 Å². The Bertz CT molecular complexity index is 1410. The number of ether oxygens (including phenoxy) is 3. The molecule has 2 saturated heterocycles. The molecule has 8 nitrogen and oxygen atoms in total. The summed E-state index contributed by atoms with van der Waals surface area (Å²) in [5, 5.41) is 10.0. The second kappa shape index (κ2) is 11.9. The summed E-state index contributed by atoms with van der Waals surface area (Å²) in [6.45, 7) is 7.32. The number of aromatic amines is 1. The van der Waals surface area contributed by atoms with Gasteiger partial charge in [-0.1, -0.05) is 6.07 Å². The Labute approximate surface area is 234 Å². The fraction of sp³-hybridized carbons (Fsp3) is 0.484. The number of hydrogen-bond acceptors (Lipinski definition) is 7. The van der Waals surface area contributed by atoms with Gasteiger partial charge < -0.3 is 29.0 Å². The minimum atomic E-state index is -0.536. The van der Waals surface area contributed by atoms with Crippen molar-refractivity contribution in [3.63, 3.8) is 0 Å². The molecule has 2 aliphatic heterocycles. The van der Waals surface area contributed by atoms with Crippen molar-refractivity contribution in [2.75, 3.05) is 45.4 Å². The number of carbonyl (C=O) groups is 1. The van der Waals surface area contributed by atoms with E-state index >= 15 is 4.39 Å². The number of piperidine rings is 1. The van der Waals surface area contributed by atoms with Crippen molar-refractivity contribution in [2.24, 2.45) is 0 Å². The summed E-state index contributed by atoms with van der Waals surface area (Å²) in [5.41, 5.74) is 2.31. The Morgan fingerprint density at radius 3 is 2.50 bits per heavy atom. The topological polar surface area (TPSA) is 90.8 Å². The Kier molecular flexibility index (Phi) is 8.29. The van der Waals surface area contributed by atoms with Crippen molar-refractivity contribution in [3.8, 4) is 11.8 Å². The summed E-state index contributed by atoms with van der Waals surface area (Å²) < 4.78 is 33.1. The van der Waals surface area contributed by atoms with E-state index in [0.29, 0.717) is 50.9 Å². The average Bonchev–Trinajstić information content (AvgIpc) is 3.35. The fourth-order valence-electron chi connectivity index (χ4n) is 6.31. The van der Waals surface area contributed by atoms with Gasteiger partial charge in [0.15, 0.2) is 5.82 Å². The van der Waals surface area contributed by atoms with Gasteiger partial charge in [-0.25, -0.2) is 9.18 Å². The summed E-state index contributed by atoms with van der Waals surface area (Å²) in [7, 11) is 2.90. The summed E-state index contributed by atoms with van der Waals surface area (Å²) in [6.07, 6.45) is 3.77. The predicted molar refractivity (Wildman–Crippen MR) is 152 cm³/mol. The second-order valence-corrected chi connectivity index (χ2v) is 10.8. The highest BCUT2D eigenvalue weighted by Crippen LogP contribution is 2.43. The third-order valence-electron chi connectivity index (χ3n) is 8.30. The van der Waals surface area contributed by atoms with Gasteiger partial charge in [-0.3, -0.25) is 0 Å². The van der Waals surface area contributed by atoms with Crippen LogP contribution in [0.4, 0.5) is 15.9 Å². The molecular formula is C31H37FN4O4. The van der Waals surface area contributed by atoms with Gasteiger partial charge in [0.05, 0.1) is 31.5 Å². The van der Waals surface area contributed by atoms with Gasteiger partial charge >= 0.3 is 5.97 Å². The molecule has 2 aliphatic rings. The van der Waals surface area contributed by atoms with Crippen LogP contribution in [-0.2, 0) is 9.47 Å². The number of methoxy groups -OCH3 is 2. The molecule has 0 aliphatic carbocycles. The minimum Gasteiger partial charge on any atom is -0.496 e. The highest BCUT2D eigenvalue weighted by Gasteiger charge is 2.33. The van der Waals surface area contributed by atoms with Crippen molar-refractivity contribution < 1.29 is 23.4 Å². The lowest BCUT2D eigenvalue weighted by Crippen LogP contribution is -2.43. The molecule has 1 N–H and O–H groups in total. The normalized spacial score (nSPS) is 17.2. The van der Waals surface area contributed by atoms with Gasteiger partial charge in [-0.15, -0.1) is 0 Å². The molecule has 0 unspecified atom stereocenters. The molecule has 0 amide bonds. The quantitative estimate of drug-likeness (QED) is 0.369. The molecule has 5 rings (SSSR count). The number of rotatable bonds is 7. The van der Waals surface area contributed by atoms with Crippen LogP contribution in [0.25, 0.3) is 10.9 Å². The number of esters is 1. The first-order valence-corrected chi connectivity index (χ1v) is 14.0. The van der Waals surface area contributed by atoms with Crippen LogP contribution in [0.2, 0.25) is 0 Å². The maximum Gasteiger partial charge on any atom is 0.342 e. The number of hydrogen-bond donors (Lipinski definition) is 1. The first-order valence-electron chi connectivity index (χ1n) is 14.0. The number of halogens is 1. The monoisotopic (exact) mass is 548 g/mol. The molecule has 0 radical (unpaired) electrons. The molecule has 2 fully saturated rings. The zero-order valence-electron chi connectivity index (χ0n) is 23.6. The minimum absolute atomic E-state index is 0.0148. The summed E-state index contributed by atoms with van der Waals surface area (Å²) in [4.78, 5) is 20.6. The smallest absolute Gasteiger partial charge is 0.342 e. The van der Waals surface area contributed by atoms with Crippen LogP contribution in [0.15, 0.2) is 30.3 Å². The molecule has 0 spiro atoms. The molecule has 1 aromatic heterocycles. The number of nitrogens with one attached hydrogen (secondary N) is 1. The molecule has 0 atom stereocenters. The van der Waals surface area contributed by atoms with E-state index in [4.69, 9.17) is 14.2 Å². The Balaban J connectivity index is 1.55. The summed E-state index contributed by atoms with van der Waals surface area (Å²) in [5.74, 6) is 0.103. The second-order valence-electron chi connectivity index (χ2n) is 10.8. The number of benzene rings is 2. The van der Waals surface area contributed by atoms with E-state index in [1.54, 1.807) is 36.3 Å². The lowest BCUT2D eigenvalue weighted by atomic mass is 9.86. The Morgan fingerprint density at radius 1 is 1.15 bits per heavy atom. The van der Waals surface area contributed by atoms with E-state index in [9.17, 15) is 10.1 Å². The third-order valence-corrected chi connectivity index (χ3v) is 8.30. The molecule has 40 heavy (non-hydrogen) atoms. The number of carbonyl (C=O) groups excluding carboxylic acids is 1. The summed E-state index contributed by atoms with van der Waals surface area (Å²) >= 11 is 0. The van der Waals surface area contributed by atoms with E-state index < -0.39 is 5.97 Å². The first kappa shape index (κ1) is 27.9. The molecular weight excluding hydrogens is 511 g/mol. The van der Waals surface area contributed by atoms with Crippen LogP contribution in [-0.4, -0.2) is 68.5 Å². The molecule has 9 heteroatoms. The van der Waals surface area contributed by atoms with Crippen LogP contribution in [0.3, 0.4) is 0 Å². The van der Waals surface area contributed by atoms with E-state index in [0.717, 1.165) is 52.0 Å². The van der Waals surface area contributed by atoms with Crippen molar-refractivity contribution in [1.82, 2.24) is 9.88 Å². The van der Waals surface area contributed by atoms with E-state index in [-0.39, 0.29) is 17.8 Å². The number of nitrogens with zero attached hydrogens (tertiary/aromatic N) is 3. The SMILES string of the molecule is COC(=O)c1c(N(c2ccc(OC)c(C3CCN(C4CCOCC4)CC3)c2F)C(C)C)[nH]c2cc(C#N)ccc12. The van der Waals surface area contributed by atoms with E-state index in [2.05, 4.69) is 16.0 Å². The van der Waals surface area contributed by atoms with Crippen LogP contribution in [0.1, 0.15) is 66.9 Å². The fourth-order valence-corrected chi connectivity index (χ4v) is 6.31. The van der Waals surface area contributed by atoms with Gasteiger partial charge in [-0.05, 0) is 82.8 Å². The first-order chi connectivity index (χ1) is 19.4. The van der Waals surface area contributed by atoms with Crippen molar-refractivity contribution in [3.05, 3.63) is 52.8 Å². The Hall–Kier alpha value is -3.61. The lowest BCUT2D eigenvalue weighted by molar-refractivity contribution is 0.0250. The van der Waals surface area contributed by atoms with Gasteiger partial charge in [0.25, 0.3) is 0 Å². The zero-order valence-corrected chi connectivity index (χ0v) is 23.6. The van der Waals surface area contributed by atoms with Gasteiger partial charge in [-0.2, -0.15) is 5.26 Å². The molecule has 0 bridgehead atoms. The zero-order chi connectivity index (χ0) is 28.4. The number of likely N-dealkylation sites (tertiary alicyclic amines) is 1. The maximum atomic E-state index is 16.7. The lowest BCUT2D eigenvalue weighted by Gasteiger charge is -2.40. The number of aromatic nitrogens is 1. The van der Waals surface area contributed by atoms with E-state index in [1.165, 1.54) is 7.11 Å². The molecule has 3 heterocycles. The van der Waals surface area contributed by atoms with Gasteiger partial charge in [0.2, 0.25) is 0 Å². The van der Waals surface area contributed by atoms with Crippen molar-refractivity contribution >= 4 is 28.4 Å². The van der Waals surface area contributed by atoms with Crippen molar-refractivity contribution in [2.45, 2.75) is 57.5 Å².